The average Bonchev–Trinajstić information content (AvgIpc) is 2.86. The molecule has 0 atom stereocenters. The second kappa shape index (κ2) is 3.37. The molecule has 0 saturated heterocycles. The second-order valence-corrected chi connectivity index (χ2v) is 4.37. The lowest BCUT2D eigenvalue weighted by atomic mass is 10.0. The molecule has 3 nitrogen and oxygen atoms in total. The standard InChI is InChI=1S/C13H15N3/c1-16-13(12(14)8-15-16)11-7-3-5-9-4-2-6-10(9)11/h3,5,7-8H,2,4,6,14H2,1H3. The zero-order chi connectivity index (χ0) is 11.1. The van der Waals surface area contributed by atoms with E-state index in [0.29, 0.717) is 0 Å². The zero-order valence-electron chi connectivity index (χ0n) is 9.40. The van der Waals surface area contributed by atoms with Gasteiger partial charge in [0.15, 0.2) is 0 Å². The SMILES string of the molecule is Cn1ncc(N)c1-c1cccc2c1CCC2. The molecule has 1 aromatic carbocycles. The molecule has 16 heavy (non-hydrogen) atoms. The molecule has 0 saturated carbocycles. The average molecular weight is 213 g/mol. The van der Waals surface area contributed by atoms with Gasteiger partial charge >= 0.3 is 0 Å². The maximum absolute atomic E-state index is 5.98. The number of fused-ring (bicyclic) bond motifs is 1. The van der Waals surface area contributed by atoms with E-state index in [-0.39, 0.29) is 0 Å². The van der Waals surface area contributed by atoms with E-state index in [2.05, 4.69) is 23.3 Å². The van der Waals surface area contributed by atoms with Gasteiger partial charge in [-0.1, -0.05) is 18.2 Å². The molecule has 1 aliphatic rings. The van der Waals surface area contributed by atoms with Crippen LogP contribution in [0.1, 0.15) is 17.5 Å². The fourth-order valence-electron chi connectivity index (χ4n) is 2.63. The molecule has 3 rings (SSSR count). The van der Waals surface area contributed by atoms with Gasteiger partial charge in [0.2, 0.25) is 0 Å². The van der Waals surface area contributed by atoms with Crippen LogP contribution in [0.15, 0.2) is 24.4 Å². The molecule has 0 fully saturated rings. The van der Waals surface area contributed by atoms with Crippen molar-refractivity contribution >= 4 is 5.69 Å². The predicted molar refractivity (Wildman–Crippen MR) is 65.1 cm³/mol. The molecule has 1 aromatic heterocycles. The van der Waals surface area contributed by atoms with E-state index in [1.165, 1.54) is 29.5 Å². The Morgan fingerprint density at radius 2 is 2.19 bits per heavy atom. The number of aryl methyl sites for hydroxylation is 2. The molecule has 0 spiro atoms. The van der Waals surface area contributed by atoms with Gasteiger partial charge in [-0.05, 0) is 30.4 Å². The topological polar surface area (TPSA) is 43.8 Å². The number of hydrogen-bond donors (Lipinski definition) is 1. The van der Waals surface area contributed by atoms with Crippen molar-refractivity contribution in [2.24, 2.45) is 7.05 Å². The summed E-state index contributed by atoms with van der Waals surface area (Å²) in [4.78, 5) is 0. The summed E-state index contributed by atoms with van der Waals surface area (Å²) in [5, 5.41) is 4.21. The molecule has 2 N–H and O–H groups in total. The first-order valence-corrected chi connectivity index (χ1v) is 5.66. The third-order valence-electron chi connectivity index (χ3n) is 3.37. The van der Waals surface area contributed by atoms with E-state index in [4.69, 9.17) is 5.73 Å². The Hall–Kier alpha value is -1.77. The highest BCUT2D eigenvalue weighted by atomic mass is 15.3. The van der Waals surface area contributed by atoms with Gasteiger partial charge in [-0.25, -0.2) is 0 Å². The Morgan fingerprint density at radius 3 is 2.94 bits per heavy atom. The van der Waals surface area contributed by atoms with Crippen molar-refractivity contribution < 1.29 is 0 Å². The predicted octanol–water partition coefficient (Wildman–Crippen LogP) is 2.16. The quantitative estimate of drug-likeness (QED) is 0.788. The van der Waals surface area contributed by atoms with Crippen LogP contribution in [0.4, 0.5) is 5.69 Å². The summed E-state index contributed by atoms with van der Waals surface area (Å²) < 4.78 is 1.86. The second-order valence-electron chi connectivity index (χ2n) is 4.37. The minimum Gasteiger partial charge on any atom is -0.396 e. The molecular formula is C13H15N3. The number of anilines is 1. The molecular weight excluding hydrogens is 198 g/mol. The van der Waals surface area contributed by atoms with Crippen molar-refractivity contribution in [1.29, 1.82) is 0 Å². The normalized spacial score (nSPS) is 14.1. The summed E-state index contributed by atoms with van der Waals surface area (Å²) in [7, 11) is 1.94. The first kappa shape index (κ1) is 9.46. The first-order chi connectivity index (χ1) is 7.77. The van der Waals surface area contributed by atoms with Crippen molar-refractivity contribution in [2.45, 2.75) is 19.3 Å². The lowest BCUT2D eigenvalue weighted by Crippen LogP contribution is -1.98. The third kappa shape index (κ3) is 1.24. The van der Waals surface area contributed by atoms with E-state index in [9.17, 15) is 0 Å². The molecule has 2 aromatic rings. The zero-order valence-corrected chi connectivity index (χ0v) is 9.40. The van der Waals surface area contributed by atoms with Crippen LogP contribution in [0.3, 0.4) is 0 Å². The van der Waals surface area contributed by atoms with Crippen LogP contribution >= 0.6 is 0 Å². The highest BCUT2D eigenvalue weighted by molar-refractivity contribution is 5.76. The van der Waals surface area contributed by atoms with Gasteiger partial charge in [0.25, 0.3) is 0 Å². The molecule has 1 aliphatic carbocycles. The number of rotatable bonds is 1. The van der Waals surface area contributed by atoms with Crippen LogP contribution in [-0.4, -0.2) is 9.78 Å². The summed E-state index contributed by atoms with van der Waals surface area (Å²) in [5.74, 6) is 0. The van der Waals surface area contributed by atoms with Gasteiger partial charge in [0, 0.05) is 12.6 Å². The summed E-state index contributed by atoms with van der Waals surface area (Å²) in [5.41, 5.74) is 12.0. The Morgan fingerprint density at radius 1 is 1.31 bits per heavy atom. The summed E-state index contributed by atoms with van der Waals surface area (Å²) in [6, 6.07) is 6.49. The van der Waals surface area contributed by atoms with Crippen molar-refractivity contribution in [3.05, 3.63) is 35.5 Å². The van der Waals surface area contributed by atoms with Crippen LogP contribution < -0.4 is 5.73 Å². The lowest BCUT2D eigenvalue weighted by molar-refractivity contribution is 0.775. The van der Waals surface area contributed by atoms with Gasteiger partial charge < -0.3 is 5.73 Å². The maximum atomic E-state index is 5.98. The largest absolute Gasteiger partial charge is 0.396 e. The van der Waals surface area contributed by atoms with Gasteiger partial charge in [-0.2, -0.15) is 5.10 Å². The van der Waals surface area contributed by atoms with E-state index in [1.54, 1.807) is 6.20 Å². The highest BCUT2D eigenvalue weighted by Crippen LogP contribution is 2.34. The Kier molecular flexibility index (Phi) is 1.99. The summed E-state index contributed by atoms with van der Waals surface area (Å²) in [6.07, 6.45) is 5.34. The first-order valence-electron chi connectivity index (χ1n) is 5.66. The van der Waals surface area contributed by atoms with Crippen molar-refractivity contribution in [1.82, 2.24) is 9.78 Å². The Labute approximate surface area is 94.9 Å². The highest BCUT2D eigenvalue weighted by Gasteiger charge is 2.18. The maximum Gasteiger partial charge on any atom is 0.0911 e. The van der Waals surface area contributed by atoms with E-state index in [1.807, 2.05) is 11.7 Å². The van der Waals surface area contributed by atoms with Gasteiger partial charge in [-0.3, -0.25) is 4.68 Å². The van der Waals surface area contributed by atoms with Crippen LogP contribution in [0.2, 0.25) is 0 Å². The van der Waals surface area contributed by atoms with Crippen molar-refractivity contribution in [2.75, 3.05) is 5.73 Å². The fraction of sp³-hybridized carbons (Fsp3) is 0.308. The van der Waals surface area contributed by atoms with Crippen LogP contribution in [0.25, 0.3) is 11.3 Å². The molecule has 1 heterocycles. The number of aromatic nitrogens is 2. The van der Waals surface area contributed by atoms with Gasteiger partial charge in [-0.15, -0.1) is 0 Å². The third-order valence-corrected chi connectivity index (χ3v) is 3.37. The van der Waals surface area contributed by atoms with E-state index >= 15 is 0 Å². The number of nitrogen functional groups attached to an aromatic ring is 1. The minimum absolute atomic E-state index is 0.766. The fourth-order valence-corrected chi connectivity index (χ4v) is 2.63. The van der Waals surface area contributed by atoms with E-state index < -0.39 is 0 Å². The molecule has 0 unspecified atom stereocenters. The monoisotopic (exact) mass is 213 g/mol. The number of nitrogens with two attached hydrogens (primary N) is 1. The smallest absolute Gasteiger partial charge is 0.0911 e. The van der Waals surface area contributed by atoms with Crippen molar-refractivity contribution in [3.63, 3.8) is 0 Å². The van der Waals surface area contributed by atoms with Gasteiger partial charge in [0.05, 0.1) is 17.6 Å². The minimum atomic E-state index is 0.766. The molecule has 0 bridgehead atoms. The summed E-state index contributed by atoms with van der Waals surface area (Å²) in [6.45, 7) is 0. The van der Waals surface area contributed by atoms with Gasteiger partial charge in [0.1, 0.15) is 0 Å². The number of nitrogens with zero attached hydrogens (tertiary/aromatic N) is 2. The Balaban J connectivity index is 2.25. The number of benzene rings is 1. The molecule has 82 valence electrons. The Bertz CT molecular complexity index is 521. The van der Waals surface area contributed by atoms with Crippen LogP contribution in [-0.2, 0) is 19.9 Å². The molecule has 0 radical (unpaired) electrons. The van der Waals surface area contributed by atoms with E-state index in [0.717, 1.165) is 17.8 Å². The van der Waals surface area contributed by atoms with Crippen LogP contribution in [0, 0.1) is 0 Å². The molecule has 0 amide bonds. The van der Waals surface area contributed by atoms with Crippen LogP contribution in [0.5, 0.6) is 0 Å². The molecule has 0 aliphatic heterocycles. The lowest BCUT2D eigenvalue weighted by Gasteiger charge is -2.09. The summed E-state index contributed by atoms with van der Waals surface area (Å²) >= 11 is 0. The number of hydrogen-bond acceptors (Lipinski definition) is 2. The van der Waals surface area contributed by atoms with Crippen molar-refractivity contribution in [3.8, 4) is 11.3 Å². The molecule has 3 heteroatoms.